The van der Waals surface area contributed by atoms with Crippen LogP contribution in [0.4, 0.5) is 0 Å². The molecule has 0 aliphatic rings. The lowest BCUT2D eigenvalue weighted by molar-refractivity contribution is 0.389. The van der Waals surface area contributed by atoms with E-state index in [0.29, 0.717) is 11.0 Å². The lowest BCUT2D eigenvalue weighted by atomic mass is 10.2. The summed E-state index contributed by atoms with van der Waals surface area (Å²) < 4.78 is 5.88. The normalized spacial score (nSPS) is 10.9. The van der Waals surface area contributed by atoms with Crippen molar-refractivity contribution in [1.29, 1.82) is 0 Å². The summed E-state index contributed by atoms with van der Waals surface area (Å²) in [6, 6.07) is 6.10. The molecular weight excluding hydrogens is 340 g/mol. The molecule has 3 rings (SSSR count). The Bertz CT molecular complexity index is 774. The monoisotopic (exact) mass is 350 g/mol. The predicted octanol–water partition coefficient (Wildman–Crippen LogP) is 3.58. The minimum Gasteiger partial charge on any atom is -0.480 e. The maximum atomic E-state index is 5.16. The van der Waals surface area contributed by atoms with Gasteiger partial charge in [-0.3, -0.25) is 0 Å². The van der Waals surface area contributed by atoms with E-state index in [2.05, 4.69) is 48.9 Å². The van der Waals surface area contributed by atoms with Crippen LogP contribution >= 0.6 is 27.7 Å². The molecule has 0 unspecified atom stereocenters. The molecule has 102 valence electrons. The molecule has 0 fully saturated rings. The van der Waals surface area contributed by atoms with E-state index in [1.807, 2.05) is 12.1 Å². The summed E-state index contributed by atoms with van der Waals surface area (Å²) in [5, 5.41) is 1.34. The first-order valence-corrected chi connectivity index (χ1v) is 7.47. The lowest BCUT2D eigenvalue weighted by Crippen LogP contribution is -1.93. The molecule has 0 radical (unpaired) electrons. The van der Waals surface area contributed by atoms with E-state index in [1.54, 1.807) is 13.3 Å². The van der Waals surface area contributed by atoms with Crippen molar-refractivity contribution in [3.05, 3.63) is 34.4 Å². The highest BCUT2D eigenvalue weighted by atomic mass is 79.9. The standard InChI is InChI=1S/C13H11BrN4OS/c1-7-3-4-9-10(5-7)17-13(16-9)20-12-15-6-8(14)11(18-12)19-2/h3-6H,1-2H3,(H,16,17). The molecule has 0 amide bonds. The van der Waals surface area contributed by atoms with E-state index in [1.165, 1.54) is 17.3 Å². The van der Waals surface area contributed by atoms with Gasteiger partial charge in [-0.25, -0.2) is 9.97 Å². The number of nitrogens with one attached hydrogen (secondary N) is 1. The van der Waals surface area contributed by atoms with Gasteiger partial charge < -0.3 is 9.72 Å². The third kappa shape index (κ3) is 2.64. The average molecular weight is 351 g/mol. The van der Waals surface area contributed by atoms with Crippen molar-refractivity contribution in [1.82, 2.24) is 19.9 Å². The molecule has 0 aliphatic heterocycles. The summed E-state index contributed by atoms with van der Waals surface area (Å²) in [5.74, 6) is 0.509. The number of aromatic amines is 1. The van der Waals surface area contributed by atoms with Gasteiger partial charge in [0.1, 0.15) is 0 Å². The number of H-pyrrole nitrogens is 1. The zero-order valence-electron chi connectivity index (χ0n) is 10.8. The lowest BCUT2D eigenvalue weighted by Gasteiger charge is -2.02. The fraction of sp³-hybridized carbons (Fsp3) is 0.154. The number of rotatable bonds is 3. The summed E-state index contributed by atoms with van der Waals surface area (Å²) in [5.41, 5.74) is 3.14. The molecule has 0 saturated heterocycles. The van der Waals surface area contributed by atoms with Gasteiger partial charge in [0.2, 0.25) is 5.88 Å². The van der Waals surface area contributed by atoms with Gasteiger partial charge in [-0.2, -0.15) is 4.98 Å². The highest BCUT2D eigenvalue weighted by Crippen LogP contribution is 2.28. The smallest absolute Gasteiger partial charge is 0.231 e. The minimum absolute atomic E-state index is 0.509. The van der Waals surface area contributed by atoms with E-state index in [4.69, 9.17) is 4.74 Å². The summed E-state index contributed by atoms with van der Waals surface area (Å²) in [4.78, 5) is 16.3. The first-order chi connectivity index (χ1) is 9.65. The number of nitrogens with zero attached hydrogens (tertiary/aromatic N) is 3. The third-order valence-electron chi connectivity index (χ3n) is 2.69. The maximum Gasteiger partial charge on any atom is 0.231 e. The van der Waals surface area contributed by atoms with Crippen LogP contribution in [0.2, 0.25) is 0 Å². The number of ether oxygens (including phenoxy) is 1. The number of halogens is 1. The number of fused-ring (bicyclic) bond motifs is 1. The van der Waals surface area contributed by atoms with Gasteiger partial charge in [0.15, 0.2) is 10.3 Å². The molecule has 20 heavy (non-hydrogen) atoms. The number of aryl methyl sites for hydroxylation is 1. The van der Waals surface area contributed by atoms with Gasteiger partial charge >= 0.3 is 0 Å². The van der Waals surface area contributed by atoms with Crippen LogP contribution in [-0.2, 0) is 0 Å². The summed E-state index contributed by atoms with van der Waals surface area (Å²) >= 11 is 4.70. The zero-order chi connectivity index (χ0) is 14.1. The Morgan fingerprint density at radius 3 is 2.95 bits per heavy atom. The molecule has 0 saturated carbocycles. The number of hydrogen-bond donors (Lipinski definition) is 1. The molecule has 1 aromatic carbocycles. The summed E-state index contributed by atoms with van der Waals surface area (Å²) in [7, 11) is 1.57. The number of benzene rings is 1. The van der Waals surface area contributed by atoms with Crippen LogP contribution in [0.25, 0.3) is 11.0 Å². The Kier molecular flexibility index (Phi) is 3.62. The largest absolute Gasteiger partial charge is 0.480 e. The van der Waals surface area contributed by atoms with Crippen molar-refractivity contribution in [3.63, 3.8) is 0 Å². The molecule has 0 bridgehead atoms. The number of imidazole rings is 1. The predicted molar refractivity (Wildman–Crippen MR) is 81.2 cm³/mol. The van der Waals surface area contributed by atoms with E-state index in [9.17, 15) is 0 Å². The number of methoxy groups -OCH3 is 1. The van der Waals surface area contributed by atoms with Gasteiger partial charge in [-0.1, -0.05) is 6.07 Å². The van der Waals surface area contributed by atoms with Crippen LogP contribution in [0.5, 0.6) is 5.88 Å². The third-order valence-corrected chi connectivity index (χ3v) is 4.00. The first-order valence-electron chi connectivity index (χ1n) is 5.86. The quantitative estimate of drug-likeness (QED) is 0.731. The first kappa shape index (κ1) is 13.4. The molecule has 2 aromatic heterocycles. The summed E-state index contributed by atoms with van der Waals surface area (Å²) in [6.07, 6.45) is 1.67. The second-order valence-corrected chi connectivity index (χ2v) is 5.98. The van der Waals surface area contributed by atoms with E-state index < -0.39 is 0 Å². The highest BCUT2D eigenvalue weighted by Gasteiger charge is 2.10. The van der Waals surface area contributed by atoms with Crippen LogP contribution in [0.1, 0.15) is 5.56 Å². The Hall–Kier alpha value is -1.60. The molecule has 0 atom stereocenters. The molecule has 7 heteroatoms. The molecule has 2 heterocycles. The number of aromatic nitrogens is 4. The van der Waals surface area contributed by atoms with Gasteiger partial charge in [0, 0.05) is 6.20 Å². The molecular formula is C13H11BrN4OS. The van der Waals surface area contributed by atoms with Gasteiger partial charge in [-0.15, -0.1) is 0 Å². The SMILES string of the molecule is COc1nc(Sc2nc3ccc(C)cc3[nH]2)ncc1Br. The molecule has 3 aromatic rings. The molecule has 0 spiro atoms. The van der Waals surface area contributed by atoms with Crippen molar-refractivity contribution in [2.24, 2.45) is 0 Å². The van der Waals surface area contributed by atoms with Crippen molar-refractivity contribution in [2.75, 3.05) is 7.11 Å². The van der Waals surface area contributed by atoms with Gasteiger partial charge in [0.25, 0.3) is 0 Å². The van der Waals surface area contributed by atoms with E-state index >= 15 is 0 Å². The zero-order valence-corrected chi connectivity index (χ0v) is 13.2. The Labute approximate surface area is 128 Å². The van der Waals surface area contributed by atoms with E-state index in [0.717, 1.165) is 20.7 Å². The van der Waals surface area contributed by atoms with Gasteiger partial charge in [0.05, 0.1) is 22.6 Å². The topological polar surface area (TPSA) is 63.7 Å². The average Bonchev–Trinajstić information content (AvgIpc) is 2.82. The molecule has 1 N–H and O–H groups in total. The molecule has 5 nitrogen and oxygen atoms in total. The second kappa shape index (κ2) is 5.41. The van der Waals surface area contributed by atoms with E-state index in [-0.39, 0.29) is 0 Å². The van der Waals surface area contributed by atoms with Crippen LogP contribution in [0.3, 0.4) is 0 Å². The second-order valence-electron chi connectivity index (χ2n) is 4.17. The highest BCUT2D eigenvalue weighted by molar-refractivity contribution is 9.10. The van der Waals surface area contributed by atoms with Crippen molar-refractivity contribution < 1.29 is 4.74 Å². The van der Waals surface area contributed by atoms with Crippen LogP contribution in [0, 0.1) is 6.92 Å². The van der Waals surface area contributed by atoms with Gasteiger partial charge in [-0.05, 0) is 52.3 Å². The van der Waals surface area contributed by atoms with Crippen LogP contribution in [0.15, 0.2) is 39.2 Å². The minimum atomic E-state index is 0.509. The Morgan fingerprint density at radius 2 is 2.15 bits per heavy atom. The Morgan fingerprint density at radius 1 is 1.30 bits per heavy atom. The molecule has 0 aliphatic carbocycles. The van der Waals surface area contributed by atoms with Crippen molar-refractivity contribution in [3.8, 4) is 5.88 Å². The fourth-order valence-electron chi connectivity index (χ4n) is 1.76. The summed E-state index contributed by atoms with van der Waals surface area (Å²) in [6.45, 7) is 2.05. The fourth-order valence-corrected chi connectivity index (χ4v) is 2.83. The van der Waals surface area contributed by atoms with Crippen LogP contribution < -0.4 is 4.74 Å². The Balaban J connectivity index is 1.92. The van der Waals surface area contributed by atoms with Crippen molar-refractivity contribution >= 4 is 38.7 Å². The number of hydrogen-bond acceptors (Lipinski definition) is 5. The van der Waals surface area contributed by atoms with Crippen molar-refractivity contribution in [2.45, 2.75) is 17.2 Å². The maximum absolute atomic E-state index is 5.16. The van der Waals surface area contributed by atoms with Crippen LogP contribution in [-0.4, -0.2) is 27.0 Å².